The summed E-state index contributed by atoms with van der Waals surface area (Å²) < 4.78 is 5.63. The molecular formula is C17H31N3O. The summed E-state index contributed by atoms with van der Waals surface area (Å²) in [5, 5.41) is 3.43. The minimum Gasteiger partial charge on any atom is -0.468 e. The van der Waals surface area contributed by atoms with E-state index in [0.717, 1.165) is 31.9 Å². The predicted octanol–water partition coefficient (Wildman–Crippen LogP) is 2.69. The van der Waals surface area contributed by atoms with Crippen LogP contribution in [0.3, 0.4) is 0 Å². The molecule has 1 saturated heterocycles. The Morgan fingerprint density at radius 3 is 2.52 bits per heavy atom. The normalized spacial score (nSPS) is 19.3. The van der Waals surface area contributed by atoms with E-state index in [4.69, 9.17) is 4.42 Å². The third kappa shape index (κ3) is 4.83. The van der Waals surface area contributed by atoms with Gasteiger partial charge in [-0.2, -0.15) is 0 Å². The molecule has 4 nitrogen and oxygen atoms in total. The van der Waals surface area contributed by atoms with Crippen LogP contribution < -0.4 is 5.32 Å². The Labute approximate surface area is 129 Å². The zero-order valence-electron chi connectivity index (χ0n) is 14.1. The van der Waals surface area contributed by atoms with Gasteiger partial charge in [0, 0.05) is 50.4 Å². The number of furan rings is 1. The second-order valence-electron chi connectivity index (χ2n) is 6.47. The van der Waals surface area contributed by atoms with Crippen LogP contribution in [0.1, 0.15) is 45.4 Å². The van der Waals surface area contributed by atoms with Gasteiger partial charge >= 0.3 is 0 Å². The number of hydrogen-bond acceptors (Lipinski definition) is 4. The molecule has 1 aliphatic heterocycles. The van der Waals surface area contributed by atoms with Gasteiger partial charge in [-0.25, -0.2) is 0 Å². The lowest BCUT2D eigenvalue weighted by Crippen LogP contribution is -2.49. The second-order valence-corrected chi connectivity index (χ2v) is 6.47. The van der Waals surface area contributed by atoms with Crippen molar-refractivity contribution in [2.75, 3.05) is 26.2 Å². The summed E-state index contributed by atoms with van der Waals surface area (Å²) in [6.45, 7) is 15.5. The molecule has 0 aromatic carbocycles. The van der Waals surface area contributed by atoms with Crippen LogP contribution in [0.25, 0.3) is 0 Å². The minimum absolute atomic E-state index is 0.488. The van der Waals surface area contributed by atoms with E-state index in [2.05, 4.69) is 48.9 Å². The van der Waals surface area contributed by atoms with Gasteiger partial charge in [0.25, 0.3) is 0 Å². The molecule has 2 heterocycles. The van der Waals surface area contributed by atoms with Crippen LogP contribution in [-0.2, 0) is 13.1 Å². The monoisotopic (exact) mass is 293 g/mol. The zero-order valence-corrected chi connectivity index (χ0v) is 14.1. The van der Waals surface area contributed by atoms with Crippen LogP contribution in [0.4, 0.5) is 0 Å². The van der Waals surface area contributed by atoms with Crippen molar-refractivity contribution in [2.24, 2.45) is 0 Å². The van der Waals surface area contributed by atoms with E-state index >= 15 is 0 Å². The molecule has 1 aromatic heterocycles. The molecule has 0 aliphatic carbocycles. The van der Waals surface area contributed by atoms with Crippen molar-refractivity contribution in [2.45, 2.75) is 59.3 Å². The highest BCUT2D eigenvalue weighted by atomic mass is 16.3. The molecule has 1 atom stereocenters. The highest BCUT2D eigenvalue weighted by Crippen LogP contribution is 2.16. The summed E-state index contributed by atoms with van der Waals surface area (Å²) in [6.07, 6.45) is 3.06. The van der Waals surface area contributed by atoms with Crippen LogP contribution in [-0.4, -0.2) is 48.1 Å². The van der Waals surface area contributed by atoms with Crippen molar-refractivity contribution in [1.29, 1.82) is 0 Å². The highest BCUT2D eigenvalue weighted by molar-refractivity contribution is 5.17. The number of piperazine rings is 1. The molecule has 120 valence electrons. The quantitative estimate of drug-likeness (QED) is 0.837. The molecule has 2 rings (SSSR count). The number of rotatable bonds is 7. The molecule has 0 radical (unpaired) electrons. The molecule has 1 aromatic rings. The van der Waals surface area contributed by atoms with Crippen molar-refractivity contribution >= 4 is 0 Å². The summed E-state index contributed by atoms with van der Waals surface area (Å²) in [4.78, 5) is 5.15. The molecule has 1 aliphatic rings. The first kappa shape index (κ1) is 16.5. The molecule has 0 saturated carbocycles. The number of nitrogens with one attached hydrogen (secondary N) is 1. The molecular weight excluding hydrogens is 262 g/mol. The first-order valence-electron chi connectivity index (χ1n) is 8.35. The lowest BCUT2D eigenvalue weighted by Gasteiger charge is -2.37. The lowest BCUT2D eigenvalue weighted by molar-refractivity contribution is 0.0959. The highest BCUT2D eigenvalue weighted by Gasteiger charge is 2.21. The van der Waals surface area contributed by atoms with E-state index in [-0.39, 0.29) is 0 Å². The van der Waals surface area contributed by atoms with E-state index in [1.807, 2.05) is 6.26 Å². The van der Waals surface area contributed by atoms with Crippen LogP contribution in [0.5, 0.6) is 0 Å². The zero-order chi connectivity index (χ0) is 15.2. The van der Waals surface area contributed by atoms with Gasteiger partial charge in [0.1, 0.15) is 5.76 Å². The average molecular weight is 293 g/mol. The fourth-order valence-corrected chi connectivity index (χ4v) is 2.82. The van der Waals surface area contributed by atoms with Crippen LogP contribution in [0.15, 0.2) is 16.7 Å². The Morgan fingerprint density at radius 2 is 1.90 bits per heavy atom. The molecule has 0 amide bonds. The Hall–Kier alpha value is -0.840. The summed E-state index contributed by atoms with van der Waals surface area (Å²) in [5.74, 6) is 1.09. The maximum absolute atomic E-state index is 5.63. The van der Waals surface area contributed by atoms with Gasteiger partial charge in [0.15, 0.2) is 0 Å². The molecule has 4 heteroatoms. The third-order valence-corrected chi connectivity index (χ3v) is 4.52. The van der Waals surface area contributed by atoms with E-state index in [0.29, 0.717) is 12.1 Å². The van der Waals surface area contributed by atoms with Gasteiger partial charge in [-0.05, 0) is 19.4 Å². The van der Waals surface area contributed by atoms with Crippen molar-refractivity contribution in [1.82, 2.24) is 15.1 Å². The molecule has 21 heavy (non-hydrogen) atoms. The van der Waals surface area contributed by atoms with Crippen molar-refractivity contribution in [3.05, 3.63) is 23.7 Å². The second kappa shape index (κ2) is 7.97. The lowest BCUT2D eigenvalue weighted by atomic mass is 10.1. The van der Waals surface area contributed by atoms with Gasteiger partial charge in [0.2, 0.25) is 0 Å². The molecule has 1 unspecified atom stereocenters. The van der Waals surface area contributed by atoms with E-state index in [9.17, 15) is 0 Å². The Bertz CT molecular complexity index is 408. The minimum atomic E-state index is 0.488. The van der Waals surface area contributed by atoms with Crippen LogP contribution >= 0.6 is 0 Å². The van der Waals surface area contributed by atoms with Gasteiger partial charge in [0.05, 0.1) is 12.8 Å². The van der Waals surface area contributed by atoms with Crippen LogP contribution in [0, 0.1) is 0 Å². The first-order chi connectivity index (χ1) is 10.1. The molecule has 1 N–H and O–H groups in total. The summed E-state index contributed by atoms with van der Waals surface area (Å²) >= 11 is 0. The standard InChI is InChI=1S/C17H31N3O/c1-5-15(4)20-9-7-19(8-10-20)13-16-6-11-21-17(16)12-18-14(2)3/h6,11,14-15,18H,5,7-10,12-13H2,1-4H3. The van der Waals surface area contributed by atoms with Gasteiger partial charge in [-0.1, -0.05) is 20.8 Å². The topological polar surface area (TPSA) is 31.6 Å². The fourth-order valence-electron chi connectivity index (χ4n) is 2.82. The average Bonchev–Trinajstić information content (AvgIpc) is 2.92. The molecule has 1 fully saturated rings. The van der Waals surface area contributed by atoms with E-state index < -0.39 is 0 Å². The molecule has 0 bridgehead atoms. The van der Waals surface area contributed by atoms with E-state index in [1.54, 1.807) is 0 Å². The number of hydrogen-bond donors (Lipinski definition) is 1. The number of nitrogens with zero attached hydrogens (tertiary/aromatic N) is 2. The smallest absolute Gasteiger partial charge is 0.122 e. The van der Waals surface area contributed by atoms with Crippen LogP contribution in [0.2, 0.25) is 0 Å². The van der Waals surface area contributed by atoms with Gasteiger partial charge in [-0.15, -0.1) is 0 Å². The molecule has 0 spiro atoms. The predicted molar refractivity (Wildman–Crippen MR) is 87.3 cm³/mol. The largest absolute Gasteiger partial charge is 0.468 e. The van der Waals surface area contributed by atoms with Crippen molar-refractivity contribution in [3.8, 4) is 0 Å². The van der Waals surface area contributed by atoms with Gasteiger partial charge < -0.3 is 9.73 Å². The fraction of sp³-hybridized carbons (Fsp3) is 0.765. The first-order valence-corrected chi connectivity index (χ1v) is 8.35. The van der Waals surface area contributed by atoms with Gasteiger partial charge in [-0.3, -0.25) is 9.80 Å². The van der Waals surface area contributed by atoms with Crippen molar-refractivity contribution in [3.63, 3.8) is 0 Å². The Balaban J connectivity index is 1.82. The summed E-state index contributed by atoms with van der Waals surface area (Å²) in [7, 11) is 0. The third-order valence-electron chi connectivity index (χ3n) is 4.52. The van der Waals surface area contributed by atoms with Crippen molar-refractivity contribution < 1.29 is 4.42 Å². The Kier molecular flexibility index (Phi) is 6.27. The maximum atomic E-state index is 5.63. The SMILES string of the molecule is CCC(C)N1CCN(Cc2ccoc2CNC(C)C)CC1. The summed E-state index contributed by atoms with van der Waals surface area (Å²) in [5.41, 5.74) is 1.33. The Morgan fingerprint density at radius 1 is 1.19 bits per heavy atom. The maximum Gasteiger partial charge on any atom is 0.122 e. The van der Waals surface area contributed by atoms with E-state index in [1.165, 1.54) is 25.1 Å². The summed E-state index contributed by atoms with van der Waals surface area (Å²) in [6, 6.07) is 3.33.